The van der Waals surface area contributed by atoms with E-state index in [2.05, 4.69) is 0 Å². The van der Waals surface area contributed by atoms with Crippen molar-refractivity contribution in [3.8, 4) is 0 Å². The highest BCUT2D eigenvalue weighted by atomic mass is 32.2. The van der Waals surface area contributed by atoms with Crippen molar-refractivity contribution < 1.29 is 8.42 Å². The lowest BCUT2D eigenvalue weighted by Crippen LogP contribution is -2.41. The maximum Gasteiger partial charge on any atom is 0.276 e. The molecule has 0 radical (unpaired) electrons. The van der Waals surface area contributed by atoms with Gasteiger partial charge >= 0.3 is 0 Å². The molecule has 0 amide bonds. The van der Waals surface area contributed by atoms with Crippen molar-refractivity contribution in [2.24, 2.45) is 5.14 Å². The van der Waals surface area contributed by atoms with Gasteiger partial charge in [0.2, 0.25) is 0 Å². The number of rotatable bonds is 1. The molecule has 10 heavy (non-hydrogen) atoms. The molecule has 4 nitrogen and oxygen atoms in total. The monoisotopic (exact) mass is 182 g/mol. The Labute approximate surface area is 64.9 Å². The van der Waals surface area contributed by atoms with Crippen molar-refractivity contribution in [1.82, 2.24) is 4.31 Å². The Morgan fingerprint density at radius 2 is 1.80 bits per heavy atom. The summed E-state index contributed by atoms with van der Waals surface area (Å²) in [6, 6.07) is 0. The van der Waals surface area contributed by atoms with Gasteiger partial charge in [0.1, 0.15) is 0 Å². The number of hydrogen-bond acceptors (Lipinski definition) is 3. The summed E-state index contributed by atoms with van der Waals surface area (Å²) in [6.07, 6.45) is 0. The summed E-state index contributed by atoms with van der Waals surface area (Å²) in [4.78, 5) is 0. The van der Waals surface area contributed by atoms with Gasteiger partial charge in [-0.05, 0) is 0 Å². The quantitative estimate of drug-likeness (QED) is 0.579. The normalized spacial score (nSPS) is 22.9. The zero-order chi connectivity index (χ0) is 7.61. The largest absolute Gasteiger partial charge is 0.276 e. The van der Waals surface area contributed by atoms with Gasteiger partial charge in [-0.15, -0.1) is 0 Å². The molecule has 0 aromatic carbocycles. The molecule has 1 rings (SSSR count). The SMILES string of the molecule is NS(=O)(=O)N1CCSCC1. The molecule has 0 aromatic rings. The second kappa shape index (κ2) is 3.08. The van der Waals surface area contributed by atoms with Gasteiger partial charge in [0.05, 0.1) is 0 Å². The Morgan fingerprint density at radius 3 is 2.10 bits per heavy atom. The van der Waals surface area contributed by atoms with Crippen molar-refractivity contribution in [2.75, 3.05) is 24.6 Å². The van der Waals surface area contributed by atoms with E-state index in [9.17, 15) is 8.42 Å². The predicted octanol–water partition coefficient (Wildman–Crippen LogP) is -0.761. The lowest BCUT2D eigenvalue weighted by atomic mass is 10.6. The molecule has 6 heteroatoms. The predicted molar refractivity (Wildman–Crippen MR) is 42.0 cm³/mol. The van der Waals surface area contributed by atoms with E-state index in [0.717, 1.165) is 11.5 Å². The molecular weight excluding hydrogens is 172 g/mol. The van der Waals surface area contributed by atoms with E-state index in [-0.39, 0.29) is 0 Å². The molecule has 1 aliphatic heterocycles. The van der Waals surface area contributed by atoms with Crippen LogP contribution in [0.5, 0.6) is 0 Å². The average Bonchev–Trinajstić information content (AvgIpc) is 1.88. The molecule has 0 saturated carbocycles. The van der Waals surface area contributed by atoms with Crippen LogP contribution in [0.25, 0.3) is 0 Å². The summed E-state index contributed by atoms with van der Waals surface area (Å²) in [5, 5.41) is 4.90. The molecule has 0 unspecified atom stereocenters. The number of nitrogens with two attached hydrogens (primary N) is 1. The standard InChI is InChI=1S/C4H10N2O2S2/c5-10(7,8)6-1-3-9-4-2-6/h1-4H2,(H2,5,7,8). The zero-order valence-electron chi connectivity index (χ0n) is 5.49. The van der Waals surface area contributed by atoms with Crippen LogP contribution >= 0.6 is 11.8 Å². The smallest absolute Gasteiger partial charge is 0.216 e. The molecule has 0 spiro atoms. The Morgan fingerprint density at radius 1 is 1.30 bits per heavy atom. The lowest BCUT2D eigenvalue weighted by Gasteiger charge is -2.22. The van der Waals surface area contributed by atoms with Crippen LogP contribution in [0.4, 0.5) is 0 Å². The third kappa shape index (κ3) is 2.12. The van der Waals surface area contributed by atoms with Crippen LogP contribution in [0.2, 0.25) is 0 Å². The van der Waals surface area contributed by atoms with E-state index < -0.39 is 10.2 Å². The van der Waals surface area contributed by atoms with E-state index >= 15 is 0 Å². The van der Waals surface area contributed by atoms with E-state index in [4.69, 9.17) is 5.14 Å². The van der Waals surface area contributed by atoms with Crippen molar-refractivity contribution in [3.05, 3.63) is 0 Å². The molecule has 0 atom stereocenters. The van der Waals surface area contributed by atoms with Crippen LogP contribution in [0.1, 0.15) is 0 Å². The first kappa shape index (κ1) is 8.32. The summed E-state index contributed by atoms with van der Waals surface area (Å²) in [7, 11) is -3.41. The van der Waals surface area contributed by atoms with Gasteiger partial charge in [0.25, 0.3) is 10.2 Å². The third-order valence-corrected chi connectivity index (χ3v) is 3.36. The van der Waals surface area contributed by atoms with Gasteiger partial charge < -0.3 is 0 Å². The molecular formula is C4H10N2O2S2. The Hall–Kier alpha value is 0.220. The highest BCUT2D eigenvalue weighted by Gasteiger charge is 2.19. The van der Waals surface area contributed by atoms with E-state index in [1.165, 1.54) is 4.31 Å². The first-order valence-corrected chi connectivity index (χ1v) is 5.62. The number of hydrogen-bond donors (Lipinski definition) is 1. The number of nitrogens with zero attached hydrogens (tertiary/aromatic N) is 1. The van der Waals surface area contributed by atoms with E-state index in [1.807, 2.05) is 0 Å². The molecule has 1 saturated heterocycles. The van der Waals surface area contributed by atoms with Crippen LogP contribution in [0.3, 0.4) is 0 Å². The van der Waals surface area contributed by atoms with Crippen molar-refractivity contribution in [3.63, 3.8) is 0 Å². The second-order valence-electron chi connectivity index (χ2n) is 2.06. The second-order valence-corrected chi connectivity index (χ2v) is 4.83. The topological polar surface area (TPSA) is 63.4 Å². The number of thioether (sulfide) groups is 1. The van der Waals surface area contributed by atoms with Gasteiger partial charge in [-0.2, -0.15) is 24.5 Å². The third-order valence-electron chi connectivity index (χ3n) is 1.33. The summed E-state index contributed by atoms with van der Waals surface area (Å²) in [5.41, 5.74) is 0. The molecule has 0 bridgehead atoms. The van der Waals surface area contributed by atoms with Gasteiger partial charge in [-0.1, -0.05) is 0 Å². The van der Waals surface area contributed by atoms with Gasteiger partial charge in [-0.25, -0.2) is 5.14 Å². The van der Waals surface area contributed by atoms with Crippen LogP contribution in [0.15, 0.2) is 0 Å². The van der Waals surface area contributed by atoms with Crippen molar-refractivity contribution in [2.45, 2.75) is 0 Å². The van der Waals surface area contributed by atoms with Crippen molar-refractivity contribution >= 4 is 22.0 Å². The maximum atomic E-state index is 10.7. The fourth-order valence-corrected chi connectivity index (χ4v) is 2.63. The fraction of sp³-hybridized carbons (Fsp3) is 1.00. The van der Waals surface area contributed by atoms with Gasteiger partial charge in [0.15, 0.2) is 0 Å². The van der Waals surface area contributed by atoms with Crippen molar-refractivity contribution in [1.29, 1.82) is 0 Å². The molecule has 0 aliphatic carbocycles. The minimum atomic E-state index is -3.41. The summed E-state index contributed by atoms with van der Waals surface area (Å²) in [5.74, 6) is 1.72. The molecule has 2 N–H and O–H groups in total. The van der Waals surface area contributed by atoms with Crippen LogP contribution in [-0.4, -0.2) is 37.3 Å². The van der Waals surface area contributed by atoms with Crippen LogP contribution < -0.4 is 5.14 Å². The molecule has 1 fully saturated rings. The highest BCUT2D eigenvalue weighted by Crippen LogP contribution is 2.10. The lowest BCUT2D eigenvalue weighted by molar-refractivity contribution is 0.444. The Balaban J connectivity index is 2.56. The zero-order valence-corrected chi connectivity index (χ0v) is 7.12. The Bertz CT molecular complexity index is 195. The Kier molecular flexibility index (Phi) is 2.56. The highest BCUT2D eigenvalue weighted by molar-refractivity contribution is 7.99. The molecule has 1 heterocycles. The average molecular weight is 182 g/mol. The summed E-state index contributed by atoms with van der Waals surface area (Å²) >= 11 is 1.75. The fourth-order valence-electron chi connectivity index (χ4n) is 0.801. The summed E-state index contributed by atoms with van der Waals surface area (Å²) in [6.45, 7) is 1.12. The van der Waals surface area contributed by atoms with E-state index in [1.54, 1.807) is 11.8 Å². The molecule has 60 valence electrons. The summed E-state index contributed by atoms with van der Waals surface area (Å²) < 4.78 is 22.7. The minimum Gasteiger partial charge on any atom is -0.216 e. The van der Waals surface area contributed by atoms with E-state index in [0.29, 0.717) is 13.1 Å². The molecule has 0 aromatic heterocycles. The van der Waals surface area contributed by atoms with Gasteiger partial charge in [-0.3, -0.25) is 0 Å². The van der Waals surface area contributed by atoms with Gasteiger partial charge in [0, 0.05) is 24.6 Å². The minimum absolute atomic E-state index is 0.559. The van der Waals surface area contributed by atoms with Crippen LogP contribution in [0, 0.1) is 0 Å². The first-order chi connectivity index (χ1) is 4.61. The molecule has 1 aliphatic rings. The maximum absolute atomic E-state index is 10.7. The van der Waals surface area contributed by atoms with Crippen LogP contribution in [-0.2, 0) is 10.2 Å². The first-order valence-electron chi connectivity index (χ1n) is 2.96.